The van der Waals surface area contributed by atoms with E-state index in [1.807, 2.05) is 54.6 Å². The smallest absolute Gasteiger partial charge is 0.231 e. The standard InChI is InChI=1S/C16H14N2O2/c1-20-14-9-7-13(8-10-14)18-15(11-16(19)17-18)12-5-3-2-4-6-12/h2-11H,1H3,(H,17,19). The van der Waals surface area contributed by atoms with Gasteiger partial charge < -0.3 is 9.84 Å². The topological polar surface area (TPSA) is 47.3 Å². The molecule has 0 bridgehead atoms. The van der Waals surface area contributed by atoms with Gasteiger partial charge >= 0.3 is 0 Å². The number of hydrogen-bond acceptors (Lipinski definition) is 3. The summed E-state index contributed by atoms with van der Waals surface area (Å²) < 4.78 is 6.86. The van der Waals surface area contributed by atoms with E-state index >= 15 is 0 Å². The molecule has 1 N–H and O–H groups in total. The molecule has 2 aromatic carbocycles. The van der Waals surface area contributed by atoms with E-state index in [0.717, 1.165) is 22.7 Å². The van der Waals surface area contributed by atoms with Crippen LogP contribution in [0.15, 0.2) is 60.7 Å². The van der Waals surface area contributed by atoms with Gasteiger partial charge in [0.1, 0.15) is 5.75 Å². The van der Waals surface area contributed by atoms with Gasteiger partial charge in [0.05, 0.1) is 18.5 Å². The molecule has 1 heterocycles. The summed E-state index contributed by atoms with van der Waals surface area (Å²) in [6.07, 6.45) is 0. The van der Waals surface area contributed by atoms with Crippen LogP contribution >= 0.6 is 0 Å². The molecule has 3 rings (SSSR count). The quantitative estimate of drug-likeness (QED) is 0.791. The Morgan fingerprint density at radius 2 is 1.70 bits per heavy atom. The highest BCUT2D eigenvalue weighted by Crippen LogP contribution is 2.26. The highest BCUT2D eigenvalue weighted by molar-refractivity contribution is 5.63. The van der Waals surface area contributed by atoms with Crippen LogP contribution in [-0.4, -0.2) is 22.0 Å². The molecular formula is C16H14N2O2. The van der Waals surface area contributed by atoms with Crippen LogP contribution in [0.3, 0.4) is 0 Å². The third-order valence-electron chi connectivity index (χ3n) is 3.08. The van der Waals surface area contributed by atoms with E-state index in [1.54, 1.807) is 17.9 Å². The van der Waals surface area contributed by atoms with E-state index in [2.05, 4.69) is 5.10 Å². The lowest BCUT2D eigenvalue weighted by molar-refractivity contribution is 0.414. The largest absolute Gasteiger partial charge is 0.497 e. The summed E-state index contributed by atoms with van der Waals surface area (Å²) >= 11 is 0. The van der Waals surface area contributed by atoms with Gasteiger partial charge in [-0.2, -0.15) is 0 Å². The van der Waals surface area contributed by atoms with Crippen molar-refractivity contribution in [3.63, 3.8) is 0 Å². The fourth-order valence-electron chi connectivity index (χ4n) is 2.10. The lowest BCUT2D eigenvalue weighted by Crippen LogP contribution is -1.98. The molecule has 0 amide bonds. The number of ether oxygens (including phenoxy) is 1. The Kier molecular flexibility index (Phi) is 3.13. The zero-order valence-corrected chi connectivity index (χ0v) is 11.0. The maximum atomic E-state index is 9.70. The van der Waals surface area contributed by atoms with E-state index in [4.69, 9.17) is 4.74 Å². The van der Waals surface area contributed by atoms with Crippen molar-refractivity contribution in [3.8, 4) is 28.6 Å². The molecule has 0 unspecified atom stereocenters. The van der Waals surface area contributed by atoms with Crippen LogP contribution in [0.4, 0.5) is 0 Å². The Labute approximate surface area is 116 Å². The minimum absolute atomic E-state index is 0.000305. The monoisotopic (exact) mass is 266 g/mol. The minimum Gasteiger partial charge on any atom is -0.497 e. The van der Waals surface area contributed by atoms with Gasteiger partial charge in [-0.3, -0.25) is 0 Å². The van der Waals surface area contributed by atoms with Gasteiger partial charge in [-0.15, -0.1) is 5.10 Å². The van der Waals surface area contributed by atoms with Gasteiger partial charge in [0.25, 0.3) is 0 Å². The van der Waals surface area contributed by atoms with Crippen LogP contribution < -0.4 is 4.74 Å². The number of methoxy groups -OCH3 is 1. The second-order valence-corrected chi connectivity index (χ2v) is 4.36. The first-order chi connectivity index (χ1) is 9.78. The van der Waals surface area contributed by atoms with Crippen LogP contribution in [-0.2, 0) is 0 Å². The van der Waals surface area contributed by atoms with Crippen molar-refractivity contribution in [2.45, 2.75) is 0 Å². The molecule has 0 atom stereocenters. The van der Waals surface area contributed by atoms with Crippen molar-refractivity contribution in [2.24, 2.45) is 0 Å². The number of rotatable bonds is 3. The van der Waals surface area contributed by atoms with Gasteiger partial charge in [0, 0.05) is 11.6 Å². The van der Waals surface area contributed by atoms with E-state index in [1.165, 1.54) is 0 Å². The van der Waals surface area contributed by atoms with Gasteiger partial charge in [0.2, 0.25) is 5.88 Å². The van der Waals surface area contributed by atoms with Gasteiger partial charge in [0.15, 0.2) is 0 Å². The van der Waals surface area contributed by atoms with Gasteiger partial charge in [-0.1, -0.05) is 30.3 Å². The number of aromatic nitrogens is 2. The van der Waals surface area contributed by atoms with E-state index < -0.39 is 0 Å². The number of benzene rings is 2. The molecule has 4 nitrogen and oxygen atoms in total. The average Bonchev–Trinajstić information content (AvgIpc) is 2.90. The normalized spacial score (nSPS) is 10.4. The minimum atomic E-state index is -0.000305. The lowest BCUT2D eigenvalue weighted by Gasteiger charge is -2.08. The Hall–Kier alpha value is -2.75. The fraction of sp³-hybridized carbons (Fsp3) is 0.0625. The highest BCUT2D eigenvalue weighted by Gasteiger charge is 2.10. The van der Waals surface area contributed by atoms with E-state index in [9.17, 15) is 5.11 Å². The second-order valence-electron chi connectivity index (χ2n) is 4.36. The number of hydrogen-bond donors (Lipinski definition) is 1. The predicted molar refractivity (Wildman–Crippen MR) is 77.2 cm³/mol. The number of nitrogens with zero attached hydrogens (tertiary/aromatic N) is 2. The summed E-state index contributed by atoms with van der Waals surface area (Å²) in [6, 6.07) is 19.0. The van der Waals surface area contributed by atoms with Crippen LogP contribution in [0.1, 0.15) is 0 Å². The molecule has 0 saturated carbocycles. The van der Waals surface area contributed by atoms with Crippen molar-refractivity contribution < 1.29 is 9.84 Å². The van der Waals surface area contributed by atoms with E-state index in [-0.39, 0.29) is 5.88 Å². The van der Waals surface area contributed by atoms with Crippen LogP contribution in [0.5, 0.6) is 11.6 Å². The molecule has 1 aromatic heterocycles. The molecule has 0 saturated heterocycles. The molecule has 0 aliphatic rings. The maximum Gasteiger partial charge on any atom is 0.231 e. The predicted octanol–water partition coefficient (Wildman–Crippen LogP) is 3.25. The summed E-state index contributed by atoms with van der Waals surface area (Å²) in [5.74, 6) is 0.783. The Bertz CT molecular complexity index is 703. The molecule has 0 fully saturated rings. The lowest BCUT2D eigenvalue weighted by atomic mass is 10.1. The van der Waals surface area contributed by atoms with Crippen LogP contribution in [0.2, 0.25) is 0 Å². The second kappa shape index (κ2) is 5.09. The first-order valence-electron chi connectivity index (χ1n) is 6.27. The average molecular weight is 266 g/mol. The fourth-order valence-corrected chi connectivity index (χ4v) is 2.10. The molecule has 4 heteroatoms. The molecule has 0 radical (unpaired) electrons. The summed E-state index contributed by atoms with van der Waals surface area (Å²) in [5, 5.41) is 13.8. The van der Waals surface area contributed by atoms with Crippen molar-refractivity contribution >= 4 is 0 Å². The summed E-state index contributed by atoms with van der Waals surface area (Å²) in [7, 11) is 1.63. The summed E-state index contributed by atoms with van der Waals surface area (Å²) in [4.78, 5) is 0. The molecule has 100 valence electrons. The van der Waals surface area contributed by atoms with E-state index in [0.29, 0.717) is 0 Å². The third kappa shape index (κ3) is 2.23. The number of aromatic hydroxyl groups is 1. The zero-order chi connectivity index (χ0) is 13.9. The highest BCUT2D eigenvalue weighted by atomic mass is 16.5. The van der Waals surface area contributed by atoms with Crippen molar-refractivity contribution in [2.75, 3.05) is 7.11 Å². The Balaban J connectivity index is 2.09. The Morgan fingerprint density at radius 3 is 2.35 bits per heavy atom. The summed E-state index contributed by atoms with van der Waals surface area (Å²) in [5.41, 5.74) is 2.70. The Morgan fingerprint density at radius 1 is 1.00 bits per heavy atom. The maximum absolute atomic E-state index is 9.70. The summed E-state index contributed by atoms with van der Waals surface area (Å²) in [6.45, 7) is 0. The molecule has 3 aromatic rings. The van der Waals surface area contributed by atoms with Crippen molar-refractivity contribution in [1.29, 1.82) is 0 Å². The molecular weight excluding hydrogens is 252 g/mol. The first-order valence-corrected chi connectivity index (χ1v) is 6.27. The molecule has 0 spiro atoms. The van der Waals surface area contributed by atoms with Gasteiger partial charge in [-0.05, 0) is 24.3 Å². The van der Waals surface area contributed by atoms with Gasteiger partial charge in [-0.25, -0.2) is 4.68 Å². The van der Waals surface area contributed by atoms with Crippen molar-refractivity contribution in [3.05, 3.63) is 60.7 Å². The first kappa shape index (κ1) is 12.3. The third-order valence-corrected chi connectivity index (χ3v) is 3.08. The molecule has 20 heavy (non-hydrogen) atoms. The molecule has 0 aliphatic heterocycles. The SMILES string of the molecule is COc1ccc(-n2nc(O)cc2-c2ccccc2)cc1. The van der Waals surface area contributed by atoms with Crippen molar-refractivity contribution in [1.82, 2.24) is 9.78 Å². The van der Waals surface area contributed by atoms with Crippen LogP contribution in [0.25, 0.3) is 16.9 Å². The van der Waals surface area contributed by atoms with Crippen LogP contribution in [0, 0.1) is 0 Å². The molecule has 0 aliphatic carbocycles. The zero-order valence-electron chi connectivity index (χ0n) is 11.0.